The lowest BCUT2D eigenvalue weighted by Crippen LogP contribution is -2.41. The van der Waals surface area contributed by atoms with Gasteiger partial charge in [0.25, 0.3) is 0 Å². The Labute approximate surface area is 131 Å². The van der Waals surface area contributed by atoms with Crippen molar-refractivity contribution < 1.29 is 9.63 Å². The van der Waals surface area contributed by atoms with Gasteiger partial charge in [-0.25, -0.2) is 0 Å². The van der Waals surface area contributed by atoms with E-state index < -0.39 is 0 Å². The molecule has 2 N–H and O–H groups in total. The second-order valence-electron chi connectivity index (χ2n) is 6.06. The standard InChI is InChI=1S/C15H25N5O2/c1-6-20-12(4)14(11(3)18-20)17-13(21)8-16-9-15(5)7-10(2)19-22-15/h16H,6-9H2,1-5H3,(H,17,21)/t15-/m1/s1. The first kappa shape index (κ1) is 16.5. The second kappa shape index (κ2) is 6.48. The third-order valence-electron chi connectivity index (χ3n) is 3.78. The van der Waals surface area contributed by atoms with E-state index in [1.54, 1.807) is 0 Å². The molecular weight excluding hydrogens is 282 g/mol. The molecule has 0 unspecified atom stereocenters. The maximum Gasteiger partial charge on any atom is 0.238 e. The van der Waals surface area contributed by atoms with Crippen LogP contribution in [0.1, 0.15) is 38.6 Å². The lowest BCUT2D eigenvalue weighted by molar-refractivity contribution is -0.115. The summed E-state index contributed by atoms with van der Waals surface area (Å²) in [5.74, 6) is -0.0823. The van der Waals surface area contributed by atoms with Gasteiger partial charge < -0.3 is 15.5 Å². The number of nitrogens with zero attached hydrogens (tertiary/aromatic N) is 3. The second-order valence-corrected chi connectivity index (χ2v) is 6.06. The molecule has 1 aromatic rings. The zero-order valence-corrected chi connectivity index (χ0v) is 14.0. The summed E-state index contributed by atoms with van der Waals surface area (Å²) in [6.07, 6.45) is 0.781. The van der Waals surface area contributed by atoms with Gasteiger partial charge in [0.05, 0.1) is 29.3 Å². The summed E-state index contributed by atoms with van der Waals surface area (Å²) in [5, 5.41) is 14.4. The SMILES string of the molecule is CCn1nc(C)c(NC(=O)CNC[C@@]2(C)CC(C)=NO2)c1C. The van der Waals surface area contributed by atoms with Crippen molar-refractivity contribution in [2.24, 2.45) is 5.16 Å². The van der Waals surface area contributed by atoms with Crippen LogP contribution in [0.5, 0.6) is 0 Å². The summed E-state index contributed by atoms with van der Waals surface area (Å²) in [6, 6.07) is 0. The predicted molar refractivity (Wildman–Crippen MR) is 86.1 cm³/mol. The van der Waals surface area contributed by atoms with Crippen LogP contribution in [0.3, 0.4) is 0 Å². The molecule has 22 heavy (non-hydrogen) atoms. The molecule has 2 rings (SSSR count). The molecule has 0 bridgehead atoms. The average Bonchev–Trinajstić information content (AvgIpc) is 2.92. The minimum Gasteiger partial charge on any atom is -0.388 e. The first-order chi connectivity index (χ1) is 10.3. The van der Waals surface area contributed by atoms with Crippen LogP contribution in [0.4, 0.5) is 5.69 Å². The van der Waals surface area contributed by atoms with Crippen LogP contribution >= 0.6 is 0 Å². The van der Waals surface area contributed by atoms with Crippen molar-refractivity contribution in [3.63, 3.8) is 0 Å². The summed E-state index contributed by atoms with van der Waals surface area (Å²) < 4.78 is 1.88. The topological polar surface area (TPSA) is 80.5 Å². The van der Waals surface area contributed by atoms with Gasteiger partial charge in [-0.2, -0.15) is 5.10 Å². The summed E-state index contributed by atoms with van der Waals surface area (Å²) in [6.45, 7) is 11.4. The molecule has 0 saturated carbocycles. The molecule has 7 heteroatoms. The molecule has 1 aromatic heterocycles. The number of hydrogen-bond donors (Lipinski definition) is 2. The van der Waals surface area contributed by atoms with E-state index in [2.05, 4.69) is 20.9 Å². The van der Waals surface area contributed by atoms with Crippen LogP contribution < -0.4 is 10.6 Å². The number of oxime groups is 1. The van der Waals surface area contributed by atoms with E-state index in [0.717, 1.165) is 35.8 Å². The quantitative estimate of drug-likeness (QED) is 0.836. The van der Waals surface area contributed by atoms with Gasteiger partial charge in [-0.05, 0) is 34.6 Å². The van der Waals surface area contributed by atoms with E-state index in [0.29, 0.717) is 6.54 Å². The zero-order chi connectivity index (χ0) is 16.3. The van der Waals surface area contributed by atoms with Crippen LogP contribution in [0.25, 0.3) is 0 Å². The van der Waals surface area contributed by atoms with E-state index in [-0.39, 0.29) is 18.1 Å². The Balaban J connectivity index is 1.83. The summed E-state index contributed by atoms with van der Waals surface area (Å²) >= 11 is 0. The highest BCUT2D eigenvalue weighted by Gasteiger charge is 2.32. The van der Waals surface area contributed by atoms with Crippen molar-refractivity contribution in [2.75, 3.05) is 18.4 Å². The lowest BCUT2D eigenvalue weighted by atomic mass is 10.0. The van der Waals surface area contributed by atoms with E-state index >= 15 is 0 Å². The molecule has 0 radical (unpaired) electrons. The van der Waals surface area contributed by atoms with Crippen LogP contribution in [0.2, 0.25) is 0 Å². The molecule has 0 spiro atoms. The van der Waals surface area contributed by atoms with Crippen LogP contribution in [-0.4, -0.2) is 40.1 Å². The molecule has 1 atom stereocenters. The molecule has 1 aliphatic rings. The number of aryl methyl sites for hydroxylation is 2. The van der Waals surface area contributed by atoms with E-state index in [9.17, 15) is 4.79 Å². The summed E-state index contributed by atoms with van der Waals surface area (Å²) in [4.78, 5) is 17.5. The smallest absolute Gasteiger partial charge is 0.238 e. The molecular formula is C15H25N5O2. The van der Waals surface area contributed by atoms with Gasteiger partial charge in [-0.15, -0.1) is 0 Å². The van der Waals surface area contributed by atoms with Crippen molar-refractivity contribution in [2.45, 2.75) is 53.2 Å². The van der Waals surface area contributed by atoms with Crippen LogP contribution in [-0.2, 0) is 16.2 Å². The highest BCUT2D eigenvalue weighted by Crippen LogP contribution is 2.22. The molecule has 1 aliphatic heterocycles. The Hall–Kier alpha value is -1.89. The number of carbonyl (C=O) groups is 1. The van der Waals surface area contributed by atoms with Gasteiger partial charge in [0.1, 0.15) is 0 Å². The first-order valence-electron chi connectivity index (χ1n) is 7.61. The predicted octanol–water partition coefficient (Wildman–Crippen LogP) is 1.60. The van der Waals surface area contributed by atoms with Gasteiger partial charge in [0.15, 0.2) is 5.60 Å². The number of carbonyl (C=O) groups excluding carboxylic acids is 1. The Morgan fingerprint density at radius 3 is 2.68 bits per heavy atom. The van der Waals surface area contributed by atoms with E-state index in [1.807, 2.05) is 39.3 Å². The van der Waals surface area contributed by atoms with Gasteiger partial charge in [-0.1, -0.05) is 5.16 Å². The monoisotopic (exact) mass is 307 g/mol. The minimum atomic E-state index is -0.358. The van der Waals surface area contributed by atoms with Crippen LogP contribution in [0.15, 0.2) is 5.16 Å². The number of nitrogens with one attached hydrogen (secondary N) is 2. The maximum atomic E-state index is 12.1. The number of amides is 1. The Morgan fingerprint density at radius 1 is 1.41 bits per heavy atom. The third-order valence-corrected chi connectivity index (χ3v) is 3.78. The van der Waals surface area contributed by atoms with E-state index in [4.69, 9.17) is 4.84 Å². The Bertz CT molecular complexity index is 593. The fourth-order valence-electron chi connectivity index (χ4n) is 2.70. The average molecular weight is 307 g/mol. The number of aromatic nitrogens is 2. The fourth-order valence-corrected chi connectivity index (χ4v) is 2.70. The summed E-state index contributed by atoms with van der Waals surface area (Å²) in [5.41, 5.74) is 3.23. The van der Waals surface area contributed by atoms with Crippen molar-refractivity contribution in [1.29, 1.82) is 0 Å². The zero-order valence-electron chi connectivity index (χ0n) is 14.0. The van der Waals surface area contributed by atoms with Crippen molar-refractivity contribution >= 4 is 17.3 Å². The molecule has 122 valence electrons. The molecule has 2 heterocycles. The number of anilines is 1. The fraction of sp³-hybridized carbons (Fsp3) is 0.667. The lowest BCUT2D eigenvalue weighted by Gasteiger charge is -2.21. The summed E-state index contributed by atoms with van der Waals surface area (Å²) in [7, 11) is 0. The first-order valence-corrected chi connectivity index (χ1v) is 7.61. The Kier molecular flexibility index (Phi) is 4.85. The minimum absolute atomic E-state index is 0.0823. The van der Waals surface area contributed by atoms with Gasteiger partial charge in [-0.3, -0.25) is 9.48 Å². The van der Waals surface area contributed by atoms with Gasteiger partial charge in [0.2, 0.25) is 5.91 Å². The van der Waals surface area contributed by atoms with Gasteiger partial charge in [0, 0.05) is 19.5 Å². The highest BCUT2D eigenvalue weighted by molar-refractivity contribution is 5.93. The normalized spacial score (nSPS) is 20.7. The van der Waals surface area contributed by atoms with E-state index in [1.165, 1.54) is 0 Å². The highest BCUT2D eigenvalue weighted by atomic mass is 16.7. The molecule has 7 nitrogen and oxygen atoms in total. The van der Waals surface area contributed by atoms with Crippen molar-refractivity contribution in [3.05, 3.63) is 11.4 Å². The maximum absolute atomic E-state index is 12.1. The molecule has 0 fully saturated rings. The number of hydrogen-bond acceptors (Lipinski definition) is 5. The molecule has 0 aliphatic carbocycles. The third kappa shape index (κ3) is 3.65. The molecule has 0 saturated heterocycles. The molecule has 1 amide bonds. The molecule has 0 aromatic carbocycles. The van der Waals surface area contributed by atoms with Crippen molar-refractivity contribution in [3.8, 4) is 0 Å². The van der Waals surface area contributed by atoms with Crippen LogP contribution in [0, 0.1) is 13.8 Å². The van der Waals surface area contributed by atoms with Gasteiger partial charge >= 0.3 is 0 Å². The largest absolute Gasteiger partial charge is 0.388 e. The Morgan fingerprint density at radius 2 is 2.14 bits per heavy atom. The number of rotatable bonds is 6. The van der Waals surface area contributed by atoms with Crippen molar-refractivity contribution in [1.82, 2.24) is 15.1 Å².